The maximum atomic E-state index is 11.9. The summed E-state index contributed by atoms with van der Waals surface area (Å²) < 4.78 is 2.44. The SMILES string of the molecule is Cc1cc(Br)ccc1NC(=O)Cn1cc(CN)nn1. The van der Waals surface area contributed by atoms with Crippen molar-refractivity contribution in [1.82, 2.24) is 15.0 Å². The summed E-state index contributed by atoms with van der Waals surface area (Å²) in [5, 5.41) is 10.5. The van der Waals surface area contributed by atoms with Gasteiger partial charge in [0.2, 0.25) is 5.91 Å². The molecule has 100 valence electrons. The second-order valence-electron chi connectivity index (χ2n) is 4.12. The Kier molecular flexibility index (Phi) is 4.28. The average molecular weight is 324 g/mol. The number of benzene rings is 1. The zero-order valence-electron chi connectivity index (χ0n) is 10.4. The van der Waals surface area contributed by atoms with E-state index in [1.807, 2.05) is 25.1 Å². The van der Waals surface area contributed by atoms with Gasteiger partial charge in [0.1, 0.15) is 6.54 Å². The first-order valence-corrected chi connectivity index (χ1v) is 6.53. The van der Waals surface area contributed by atoms with Crippen LogP contribution in [-0.4, -0.2) is 20.9 Å². The van der Waals surface area contributed by atoms with Crippen molar-refractivity contribution in [1.29, 1.82) is 0 Å². The van der Waals surface area contributed by atoms with Crippen LogP contribution in [0.2, 0.25) is 0 Å². The fourth-order valence-electron chi connectivity index (χ4n) is 1.61. The Balaban J connectivity index is 2.01. The van der Waals surface area contributed by atoms with Crippen LogP contribution in [0.25, 0.3) is 0 Å². The number of hydrogen-bond acceptors (Lipinski definition) is 4. The average Bonchev–Trinajstić information content (AvgIpc) is 2.80. The van der Waals surface area contributed by atoms with Crippen molar-refractivity contribution in [3.63, 3.8) is 0 Å². The predicted octanol–water partition coefficient (Wildman–Crippen LogP) is 1.45. The summed E-state index contributed by atoms with van der Waals surface area (Å²) in [7, 11) is 0. The van der Waals surface area contributed by atoms with Gasteiger partial charge in [0.05, 0.1) is 11.9 Å². The molecule has 0 fully saturated rings. The lowest BCUT2D eigenvalue weighted by molar-refractivity contribution is -0.116. The molecule has 0 aliphatic heterocycles. The Labute approximate surface area is 119 Å². The Morgan fingerprint density at radius 3 is 2.95 bits per heavy atom. The number of rotatable bonds is 4. The van der Waals surface area contributed by atoms with Gasteiger partial charge in [0, 0.05) is 16.7 Å². The van der Waals surface area contributed by atoms with Gasteiger partial charge < -0.3 is 11.1 Å². The number of halogens is 1. The molecule has 2 rings (SSSR count). The molecule has 0 atom stereocenters. The summed E-state index contributed by atoms with van der Waals surface area (Å²) in [4.78, 5) is 11.9. The molecule has 0 saturated heterocycles. The first-order chi connectivity index (χ1) is 9.08. The van der Waals surface area contributed by atoms with Crippen molar-refractivity contribution in [3.8, 4) is 0 Å². The van der Waals surface area contributed by atoms with E-state index in [-0.39, 0.29) is 12.5 Å². The number of aryl methyl sites for hydroxylation is 1. The second-order valence-corrected chi connectivity index (χ2v) is 5.03. The number of hydrogen-bond donors (Lipinski definition) is 2. The molecule has 1 heterocycles. The first kappa shape index (κ1) is 13.7. The number of anilines is 1. The molecule has 0 spiro atoms. The normalized spacial score (nSPS) is 10.5. The number of nitrogens with zero attached hydrogens (tertiary/aromatic N) is 3. The van der Waals surface area contributed by atoms with Gasteiger partial charge in [-0.05, 0) is 30.7 Å². The molecule has 3 N–H and O–H groups in total. The maximum absolute atomic E-state index is 11.9. The van der Waals surface area contributed by atoms with E-state index in [9.17, 15) is 4.79 Å². The van der Waals surface area contributed by atoms with Crippen LogP contribution in [0.15, 0.2) is 28.9 Å². The summed E-state index contributed by atoms with van der Waals surface area (Å²) in [6, 6.07) is 5.67. The van der Waals surface area contributed by atoms with Crippen molar-refractivity contribution < 1.29 is 4.79 Å². The minimum absolute atomic E-state index is 0.114. The Morgan fingerprint density at radius 1 is 1.53 bits per heavy atom. The second kappa shape index (κ2) is 5.94. The van der Waals surface area contributed by atoms with Gasteiger partial charge in [-0.15, -0.1) is 5.10 Å². The van der Waals surface area contributed by atoms with E-state index in [0.717, 1.165) is 15.7 Å². The van der Waals surface area contributed by atoms with Crippen LogP contribution in [0, 0.1) is 6.92 Å². The standard InChI is InChI=1S/C12H14BrN5O/c1-8-4-9(13)2-3-11(8)15-12(19)7-18-6-10(5-14)16-17-18/h2-4,6H,5,7,14H2,1H3,(H,15,19). The molecule has 19 heavy (non-hydrogen) atoms. The highest BCUT2D eigenvalue weighted by Crippen LogP contribution is 2.19. The Bertz CT molecular complexity index is 596. The first-order valence-electron chi connectivity index (χ1n) is 5.73. The van der Waals surface area contributed by atoms with Crippen LogP contribution in [0.3, 0.4) is 0 Å². The third-order valence-corrected chi connectivity index (χ3v) is 3.06. The molecule has 1 amide bonds. The quantitative estimate of drug-likeness (QED) is 0.891. The van der Waals surface area contributed by atoms with Crippen molar-refractivity contribution in [3.05, 3.63) is 40.1 Å². The van der Waals surface area contributed by atoms with Gasteiger partial charge in [-0.2, -0.15) is 0 Å². The Hall–Kier alpha value is -1.73. The van der Waals surface area contributed by atoms with Crippen LogP contribution < -0.4 is 11.1 Å². The minimum atomic E-state index is -0.154. The van der Waals surface area contributed by atoms with Crippen LogP contribution >= 0.6 is 15.9 Å². The number of aromatic nitrogens is 3. The van der Waals surface area contributed by atoms with E-state index in [0.29, 0.717) is 12.2 Å². The predicted molar refractivity (Wildman–Crippen MR) is 75.4 cm³/mol. The largest absolute Gasteiger partial charge is 0.325 e. The zero-order chi connectivity index (χ0) is 13.8. The van der Waals surface area contributed by atoms with E-state index in [2.05, 4.69) is 31.6 Å². The van der Waals surface area contributed by atoms with Crippen LogP contribution in [0.4, 0.5) is 5.69 Å². The van der Waals surface area contributed by atoms with E-state index in [4.69, 9.17) is 5.73 Å². The van der Waals surface area contributed by atoms with Crippen molar-refractivity contribution in [2.75, 3.05) is 5.32 Å². The maximum Gasteiger partial charge on any atom is 0.246 e. The molecule has 0 unspecified atom stereocenters. The fourth-order valence-corrected chi connectivity index (χ4v) is 2.09. The van der Waals surface area contributed by atoms with Crippen molar-refractivity contribution >= 4 is 27.5 Å². The van der Waals surface area contributed by atoms with Gasteiger partial charge in [-0.3, -0.25) is 4.79 Å². The fraction of sp³-hybridized carbons (Fsp3) is 0.250. The molecule has 0 radical (unpaired) electrons. The summed E-state index contributed by atoms with van der Waals surface area (Å²) in [5.41, 5.74) is 7.86. The summed E-state index contributed by atoms with van der Waals surface area (Å²) in [6.45, 7) is 2.36. The smallest absolute Gasteiger partial charge is 0.246 e. The summed E-state index contributed by atoms with van der Waals surface area (Å²) >= 11 is 3.38. The molecular weight excluding hydrogens is 310 g/mol. The molecule has 1 aromatic heterocycles. The van der Waals surface area contributed by atoms with Gasteiger partial charge in [0.25, 0.3) is 0 Å². The summed E-state index contributed by atoms with van der Waals surface area (Å²) in [5.74, 6) is -0.154. The molecule has 0 aliphatic rings. The molecule has 0 saturated carbocycles. The topological polar surface area (TPSA) is 85.8 Å². The van der Waals surface area contributed by atoms with Crippen LogP contribution in [0.1, 0.15) is 11.3 Å². The van der Waals surface area contributed by atoms with E-state index < -0.39 is 0 Å². The number of carbonyl (C=O) groups excluding carboxylic acids is 1. The van der Waals surface area contributed by atoms with E-state index >= 15 is 0 Å². The lowest BCUT2D eigenvalue weighted by Gasteiger charge is -2.08. The highest BCUT2D eigenvalue weighted by molar-refractivity contribution is 9.10. The monoisotopic (exact) mass is 323 g/mol. The Morgan fingerprint density at radius 2 is 2.32 bits per heavy atom. The molecular formula is C12H14BrN5O. The molecule has 0 bridgehead atoms. The highest BCUT2D eigenvalue weighted by Gasteiger charge is 2.07. The van der Waals surface area contributed by atoms with Gasteiger partial charge in [0.15, 0.2) is 0 Å². The van der Waals surface area contributed by atoms with Gasteiger partial charge in [-0.25, -0.2) is 4.68 Å². The number of carbonyl (C=O) groups is 1. The zero-order valence-corrected chi connectivity index (χ0v) is 12.0. The lowest BCUT2D eigenvalue weighted by atomic mass is 10.2. The molecule has 2 aromatic rings. The van der Waals surface area contributed by atoms with Crippen molar-refractivity contribution in [2.45, 2.75) is 20.0 Å². The number of nitrogens with two attached hydrogens (primary N) is 1. The molecule has 6 nitrogen and oxygen atoms in total. The molecule has 1 aromatic carbocycles. The minimum Gasteiger partial charge on any atom is -0.325 e. The molecule has 7 heteroatoms. The lowest BCUT2D eigenvalue weighted by Crippen LogP contribution is -2.19. The van der Waals surface area contributed by atoms with Crippen molar-refractivity contribution in [2.24, 2.45) is 5.73 Å². The van der Waals surface area contributed by atoms with Gasteiger partial charge >= 0.3 is 0 Å². The highest BCUT2D eigenvalue weighted by atomic mass is 79.9. The van der Waals surface area contributed by atoms with E-state index in [1.54, 1.807) is 6.20 Å². The van der Waals surface area contributed by atoms with E-state index in [1.165, 1.54) is 4.68 Å². The van der Waals surface area contributed by atoms with Gasteiger partial charge in [-0.1, -0.05) is 21.1 Å². The third-order valence-electron chi connectivity index (χ3n) is 2.56. The van der Waals surface area contributed by atoms with Crippen LogP contribution in [0.5, 0.6) is 0 Å². The number of nitrogens with one attached hydrogen (secondary N) is 1. The van der Waals surface area contributed by atoms with Crippen LogP contribution in [-0.2, 0) is 17.9 Å². The summed E-state index contributed by atoms with van der Waals surface area (Å²) in [6.07, 6.45) is 1.66. The third kappa shape index (κ3) is 3.62. The molecule has 0 aliphatic carbocycles. The number of amides is 1.